The first-order valence-corrected chi connectivity index (χ1v) is 6.59. The van der Waals surface area contributed by atoms with E-state index in [-0.39, 0.29) is 0 Å². The van der Waals surface area contributed by atoms with Gasteiger partial charge in [0.25, 0.3) is 0 Å². The van der Waals surface area contributed by atoms with Crippen molar-refractivity contribution in [2.24, 2.45) is 0 Å². The van der Waals surface area contributed by atoms with Crippen LogP contribution >= 0.6 is 0 Å². The van der Waals surface area contributed by atoms with Crippen LogP contribution < -0.4 is 0 Å². The number of aliphatic carboxylic acids is 1. The highest BCUT2D eigenvalue weighted by atomic mass is 32.2. The van der Waals surface area contributed by atoms with Gasteiger partial charge in [-0.2, -0.15) is 4.31 Å². The third kappa shape index (κ3) is 2.68. The number of sulfonamides is 1. The first-order chi connectivity index (χ1) is 8.17. The first-order valence-electron chi connectivity index (χ1n) is 5.15. The van der Waals surface area contributed by atoms with Crippen molar-refractivity contribution in [3.63, 3.8) is 0 Å². The zero-order chi connectivity index (χ0) is 14.1. The maximum absolute atomic E-state index is 13.6. The lowest BCUT2D eigenvalue weighted by Gasteiger charge is -2.21. The summed E-state index contributed by atoms with van der Waals surface area (Å²) in [6.07, 6.45) is 0. The van der Waals surface area contributed by atoms with E-state index < -0.39 is 32.7 Å². The van der Waals surface area contributed by atoms with E-state index in [1.807, 2.05) is 0 Å². The monoisotopic (exact) mass is 275 g/mol. The third-order valence-electron chi connectivity index (χ3n) is 2.65. The Morgan fingerprint density at radius 1 is 1.44 bits per heavy atom. The molecular weight excluding hydrogens is 261 g/mol. The number of benzene rings is 1. The van der Waals surface area contributed by atoms with Crippen molar-refractivity contribution in [2.75, 3.05) is 7.05 Å². The number of aryl methyl sites for hydroxylation is 1. The molecular formula is C11H14FNO4S. The molecule has 0 fully saturated rings. The van der Waals surface area contributed by atoms with Gasteiger partial charge in [-0.25, -0.2) is 12.8 Å². The standard InChI is InChI=1S/C11H14FNO4S/c1-7-4-5-10(9(12)6-7)18(16,17)13(3)8(2)11(14)15/h4-6,8H,1-3H3,(H,14,15)/t8-/m0/s1. The number of carboxylic acid groups (broad SMARTS) is 1. The summed E-state index contributed by atoms with van der Waals surface area (Å²) in [7, 11) is -3.05. The van der Waals surface area contributed by atoms with Crippen LogP contribution in [0.5, 0.6) is 0 Å². The molecule has 0 amide bonds. The molecule has 0 spiro atoms. The van der Waals surface area contributed by atoms with E-state index in [1.54, 1.807) is 6.92 Å². The summed E-state index contributed by atoms with van der Waals surface area (Å²) < 4.78 is 38.3. The smallest absolute Gasteiger partial charge is 0.321 e. The van der Waals surface area contributed by atoms with Crippen LogP contribution in [0.2, 0.25) is 0 Å². The summed E-state index contributed by atoms with van der Waals surface area (Å²) in [6.45, 7) is 2.84. The Balaban J connectivity index is 3.25. The highest BCUT2D eigenvalue weighted by molar-refractivity contribution is 7.89. The number of hydrogen-bond acceptors (Lipinski definition) is 3. The van der Waals surface area contributed by atoms with Gasteiger partial charge in [-0.1, -0.05) is 6.07 Å². The van der Waals surface area contributed by atoms with Gasteiger partial charge in [0.1, 0.15) is 16.8 Å². The van der Waals surface area contributed by atoms with Crippen LogP contribution in [0.4, 0.5) is 4.39 Å². The highest BCUT2D eigenvalue weighted by Crippen LogP contribution is 2.20. The molecule has 1 aromatic carbocycles. The maximum atomic E-state index is 13.6. The highest BCUT2D eigenvalue weighted by Gasteiger charge is 2.31. The van der Waals surface area contributed by atoms with Gasteiger partial charge in [0.15, 0.2) is 0 Å². The fourth-order valence-electron chi connectivity index (χ4n) is 1.33. The fourth-order valence-corrected chi connectivity index (χ4v) is 2.70. The van der Waals surface area contributed by atoms with Gasteiger partial charge >= 0.3 is 5.97 Å². The molecule has 0 saturated heterocycles. The number of likely N-dealkylation sites (N-methyl/N-ethyl adjacent to an activating group) is 1. The zero-order valence-corrected chi connectivity index (χ0v) is 11.0. The molecule has 0 heterocycles. The van der Waals surface area contributed by atoms with E-state index in [9.17, 15) is 17.6 Å². The van der Waals surface area contributed by atoms with Crippen LogP contribution in [-0.2, 0) is 14.8 Å². The van der Waals surface area contributed by atoms with Gasteiger partial charge in [-0.3, -0.25) is 4.79 Å². The number of rotatable bonds is 4. The summed E-state index contributed by atoms with van der Waals surface area (Å²) in [6, 6.07) is 2.41. The normalized spacial score (nSPS) is 13.6. The van der Waals surface area contributed by atoms with E-state index in [0.29, 0.717) is 9.87 Å². The Kier molecular flexibility index (Phi) is 4.08. The quantitative estimate of drug-likeness (QED) is 0.896. The van der Waals surface area contributed by atoms with Gasteiger partial charge in [0.2, 0.25) is 10.0 Å². The average molecular weight is 275 g/mol. The lowest BCUT2D eigenvalue weighted by molar-refractivity contribution is -0.140. The summed E-state index contributed by atoms with van der Waals surface area (Å²) in [5, 5.41) is 8.78. The number of hydrogen-bond donors (Lipinski definition) is 1. The van der Waals surface area contributed by atoms with Crippen molar-refractivity contribution >= 4 is 16.0 Å². The first kappa shape index (κ1) is 14.6. The molecule has 0 bridgehead atoms. The van der Waals surface area contributed by atoms with Gasteiger partial charge in [0.05, 0.1) is 0 Å². The second-order valence-electron chi connectivity index (χ2n) is 3.97. The Morgan fingerprint density at radius 3 is 2.44 bits per heavy atom. The van der Waals surface area contributed by atoms with E-state index in [1.165, 1.54) is 13.0 Å². The Bertz CT molecular complexity index is 570. The molecule has 1 rings (SSSR count). The molecule has 7 heteroatoms. The van der Waals surface area contributed by atoms with Crippen LogP contribution in [0.25, 0.3) is 0 Å². The fraction of sp³-hybridized carbons (Fsp3) is 0.364. The van der Waals surface area contributed by atoms with Gasteiger partial charge in [0, 0.05) is 7.05 Å². The molecule has 0 aromatic heterocycles. The van der Waals surface area contributed by atoms with Crippen LogP contribution in [0.3, 0.4) is 0 Å². The average Bonchev–Trinajstić information content (AvgIpc) is 2.26. The third-order valence-corrected chi connectivity index (χ3v) is 4.61. The van der Waals surface area contributed by atoms with Crippen LogP contribution in [-0.4, -0.2) is 36.9 Å². The van der Waals surface area contributed by atoms with Crippen molar-refractivity contribution in [3.8, 4) is 0 Å². The molecule has 1 N–H and O–H groups in total. The molecule has 0 aliphatic heterocycles. The van der Waals surface area contributed by atoms with Crippen molar-refractivity contribution in [1.82, 2.24) is 4.31 Å². The molecule has 0 saturated carbocycles. The van der Waals surface area contributed by atoms with Crippen LogP contribution in [0.15, 0.2) is 23.1 Å². The molecule has 0 unspecified atom stereocenters. The molecule has 1 atom stereocenters. The number of halogens is 1. The van der Waals surface area contributed by atoms with E-state index >= 15 is 0 Å². The van der Waals surface area contributed by atoms with Gasteiger partial charge in [-0.05, 0) is 31.5 Å². The SMILES string of the molecule is Cc1ccc(S(=O)(=O)N(C)[C@@H](C)C(=O)O)c(F)c1. The lowest BCUT2D eigenvalue weighted by atomic mass is 10.2. The number of carbonyl (C=O) groups is 1. The topological polar surface area (TPSA) is 74.7 Å². The lowest BCUT2D eigenvalue weighted by Crippen LogP contribution is -2.40. The van der Waals surface area contributed by atoms with Gasteiger partial charge in [-0.15, -0.1) is 0 Å². The Hall–Kier alpha value is -1.47. The second kappa shape index (κ2) is 5.03. The molecule has 100 valence electrons. The molecule has 0 aliphatic carbocycles. The molecule has 1 aromatic rings. The predicted octanol–water partition coefficient (Wildman–Crippen LogP) is 1.23. The Morgan fingerprint density at radius 2 is 2.00 bits per heavy atom. The molecule has 0 aliphatic rings. The van der Waals surface area contributed by atoms with Crippen LogP contribution in [0, 0.1) is 12.7 Å². The largest absolute Gasteiger partial charge is 0.480 e. The number of carboxylic acids is 1. The number of nitrogens with zero attached hydrogens (tertiary/aromatic N) is 1. The summed E-state index contributed by atoms with van der Waals surface area (Å²) in [5.41, 5.74) is 0.584. The summed E-state index contributed by atoms with van der Waals surface area (Å²) >= 11 is 0. The van der Waals surface area contributed by atoms with Crippen LogP contribution in [0.1, 0.15) is 12.5 Å². The Labute approximate surface area is 105 Å². The van der Waals surface area contributed by atoms with Gasteiger partial charge < -0.3 is 5.11 Å². The predicted molar refractivity (Wildman–Crippen MR) is 63.2 cm³/mol. The minimum absolute atomic E-state index is 0.524. The van der Waals surface area contributed by atoms with Crippen molar-refractivity contribution in [3.05, 3.63) is 29.6 Å². The van der Waals surface area contributed by atoms with E-state index in [2.05, 4.69) is 0 Å². The molecule has 18 heavy (non-hydrogen) atoms. The maximum Gasteiger partial charge on any atom is 0.321 e. The van der Waals surface area contributed by atoms with Crippen molar-refractivity contribution < 1.29 is 22.7 Å². The molecule has 5 nitrogen and oxygen atoms in total. The second-order valence-corrected chi connectivity index (χ2v) is 5.94. The minimum Gasteiger partial charge on any atom is -0.480 e. The zero-order valence-electron chi connectivity index (χ0n) is 10.2. The van der Waals surface area contributed by atoms with Crippen molar-refractivity contribution in [1.29, 1.82) is 0 Å². The summed E-state index contributed by atoms with van der Waals surface area (Å²) in [5.74, 6) is -2.19. The van der Waals surface area contributed by atoms with Crippen molar-refractivity contribution in [2.45, 2.75) is 24.8 Å². The van der Waals surface area contributed by atoms with E-state index in [4.69, 9.17) is 5.11 Å². The minimum atomic E-state index is -4.15. The molecule has 0 radical (unpaired) electrons. The van der Waals surface area contributed by atoms with E-state index in [0.717, 1.165) is 19.2 Å². The summed E-state index contributed by atoms with van der Waals surface area (Å²) in [4.78, 5) is 10.2.